The number of nitrogens with one attached hydrogen (secondary N) is 1. The van der Waals surface area contributed by atoms with Crippen LogP contribution in [0.4, 0.5) is 0 Å². The lowest BCUT2D eigenvalue weighted by molar-refractivity contribution is 0.323. The van der Waals surface area contributed by atoms with Gasteiger partial charge in [0.25, 0.3) is 0 Å². The zero-order chi connectivity index (χ0) is 12.4. The summed E-state index contributed by atoms with van der Waals surface area (Å²) in [7, 11) is -3.11. The van der Waals surface area contributed by atoms with Crippen molar-refractivity contribution in [2.75, 3.05) is 19.4 Å². The van der Waals surface area contributed by atoms with E-state index < -0.39 is 10.0 Å². The number of hydrogen-bond donors (Lipinski definition) is 1. The van der Waals surface area contributed by atoms with Crippen LogP contribution in [0, 0.1) is 0 Å². The van der Waals surface area contributed by atoms with E-state index in [1.165, 1.54) is 0 Å². The molecule has 1 aromatic rings. The number of hydrogen-bond acceptors (Lipinski definition) is 3. The maximum absolute atomic E-state index is 10.7. The molecule has 4 nitrogen and oxygen atoms in total. The summed E-state index contributed by atoms with van der Waals surface area (Å²) in [4.78, 5) is 0. The summed E-state index contributed by atoms with van der Waals surface area (Å²) in [6, 6.07) is 9.25. The minimum absolute atomic E-state index is 0. The van der Waals surface area contributed by atoms with Gasteiger partial charge in [0.05, 0.1) is 6.26 Å². The Hall–Kier alpha value is -1.07. The molecule has 0 heterocycles. The largest absolute Gasteiger partial charge is 0.492 e. The standard InChI is InChI=1S/C9H13NO3S.C2H6.H2/c1-14(11,12)10-7-8-13-9-5-3-2-4-6-9;1-2;/h2-6,10H,7-8H2,1H3;1-2H3;1H. The molecule has 0 aliphatic heterocycles. The van der Waals surface area contributed by atoms with Crippen molar-refractivity contribution in [1.29, 1.82) is 0 Å². The predicted molar refractivity (Wildman–Crippen MR) is 68.2 cm³/mol. The number of ether oxygens (including phenoxy) is 1. The summed E-state index contributed by atoms with van der Waals surface area (Å²) in [5.74, 6) is 0.739. The Bertz CT molecular complexity index is 368. The monoisotopic (exact) mass is 247 g/mol. The van der Waals surface area contributed by atoms with Crippen molar-refractivity contribution in [3.05, 3.63) is 30.3 Å². The van der Waals surface area contributed by atoms with Crippen molar-refractivity contribution < 1.29 is 14.6 Å². The average molecular weight is 247 g/mol. The second kappa shape index (κ2) is 8.13. The highest BCUT2D eigenvalue weighted by Gasteiger charge is 1.98. The lowest BCUT2D eigenvalue weighted by atomic mass is 10.3. The van der Waals surface area contributed by atoms with Gasteiger partial charge in [-0.15, -0.1) is 0 Å². The van der Waals surface area contributed by atoms with Crippen LogP contribution < -0.4 is 9.46 Å². The lowest BCUT2D eigenvalue weighted by Crippen LogP contribution is -2.26. The summed E-state index contributed by atoms with van der Waals surface area (Å²) < 4.78 is 29.0. The number of sulfonamides is 1. The van der Waals surface area contributed by atoms with Crippen LogP contribution in [0.5, 0.6) is 5.75 Å². The molecule has 1 N–H and O–H groups in total. The second-order valence-electron chi connectivity index (χ2n) is 2.83. The topological polar surface area (TPSA) is 55.4 Å². The first kappa shape index (κ1) is 14.9. The fourth-order valence-corrected chi connectivity index (χ4v) is 1.37. The summed E-state index contributed by atoms with van der Waals surface area (Å²) in [6.07, 6.45) is 1.12. The Morgan fingerprint density at radius 2 is 1.81 bits per heavy atom. The van der Waals surface area contributed by atoms with E-state index in [2.05, 4.69) is 4.72 Å². The fourth-order valence-electron chi connectivity index (χ4n) is 0.913. The van der Waals surface area contributed by atoms with Gasteiger partial charge in [0.2, 0.25) is 10.0 Å². The van der Waals surface area contributed by atoms with E-state index in [1.807, 2.05) is 44.2 Å². The van der Waals surface area contributed by atoms with Crippen LogP contribution in [0.3, 0.4) is 0 Å². The van der Waals surface area contributed by atoms with Gasteiger partial charge in [-0.05, 0) is 12.1 Å². The number of rotatable bonds is 5. The van der Waals surface area contributed by atoms with E-state index in [1.54, 1.807) is 0 Å². The minimum atomic E-state index is -3.11. The average Bonchev–Trinajstić information content (AvgIpc) is 2.28. The molecule has 0 radical (unpaired) electrons. The lowest BCUT2D eigenvalue weighted by Gasteiger charge is -2.05. The first-order valence-corrected chi connectivity index (χ1v) is 7.09. The first-order valence-electron chi connectivity index (χ1n) is 5.20. The van der Waals surface area contributed by atoms with Crippen molar-refractivity contribution in [2.45, 2.75) is 13.8 Å². The zero-order valence-corrected chi connectivity index (χ0v) is 10.8. The molecule has 1 rings (SSSR count). The van der Waals surface area contributed by atoms with Gasteiger partial charge in [0, 0.05) is 7.97 Å². The van der Waals surface area contributed by atoms with Crippen molar-refractivity contribution >= 4 is 10.0 Å². The van der Waals surface area contributed by atoms with E-state index in [4.69, 9.17) is 4.74 Å². The van der Waals surface area contributed by atoms with E-state index >= 15 is 0 Å². The summed E-state index contributed by atoms with van der Waals surface area (Å²) in [5, 5.41) is 0. The Labute approximate surface area is 99.2 Å². The second-order valence-corrected chi connectivity index (χ2v) is 4.66. The summed E-state index contributed by atoms with van der Waals surface area (Å²) >= 11 is 0. The van der Waals surface area contributed by atoms with E-state index in [0.717, 1.165) is 12.0 Å². The van der Waals surface area contributed by atoms with E-state index in [0.29, 0.717) is 6.61 Å². The Morgan fingerprint density at radius 1 is 1.25 bits per heavy atom. The normalized spacial score (nSPS) is 10.2. The molecule has 0 spiro atoms. The number of benzene rings is 1. The maximum atomic E-state index is 10.7. The molecule has 0 fully saturated rings. The van der Waals surface area contributed by atoms with E-state index in [9.17, 15) is 8.42 Å². The molecule has 0 aliphatic carbocycles. The fraction of sp³-hybridized carbons (Fsp3) is 0.455. The van der Waals surface area contributed by atoms with Crippen LogP contribution in [0.2, 0.25) is 0 Å². The van der Waals surface area contributed by atoms with Crippen LogP contribution in [0.25, 0.3) is 0 Å². The zero-order valence-electron chi connectivity index (χ0n) is 9.93. The molecule has 0 saturated carbocycles. The van der Waals surface area contributed by atoms with Crippen LogP contribution in [0.15, 0.2) is 30.3 Å². The van der Waals surface area contributed by atoms with Gasteiger partial charge < -0.3 is 4.74 Å². The molecule has 0 atom stereocenters. The van der Waals surface area contributed by atoms with Gasteiger partial charge >= 0.3 is 0 Å². The van der Waals surface area contributed by atoms with Gasteiger partial charge in [0.15, 0.2) is 0 Å². The molecular formula is C11H21NO3S. The summed E-state index contributed by atoms with van der Waals surface area (Å²) in [6.45, 7) is 4.62. The molecule has 0 aromatic heterocycles. The molecule has 1 aromatic carbocycles. The van der Waals surface area contributed by atoms with Crippen molar-refractivity contribution in [3.63, 3.8) is 0 Å². The maximum Gasteiger partial charge on any atom is 0.208 e. The van der Waals surface area contributed by atoms with Gasteiger partial charge in [-0.1, -0.05) is 32.0 Å². The molecule has 0 unspecified atom stereocenters. The highest BCUT2D eigenvalue weighted by Crippen LogP contribution is 2.07. The van der Waals surface area contributed by atoms with Gasteiger partial charge in [-0.3, -0.25) is 0 Å². The number of para-hydroxylation sites is 1. The van der Waals surface area contributed by atoms with Crippen molar-refractivity contribution in [2.24, 2.45) is 0 Å². The Kier molecular flexibility index (Phi) is 7.58. The Balaban J connectivity index is 0. The van der Waals surface area contributed by atoms with Gasteiger partial charge in [0.1, 0.15) is 12.4 Å². The van der Waals surface area contributed by atoms with Crippen LogP contribution >= 0.6 is 0 Å². The molecular weight excluding hydrogens is 226 g/mol. The van der Waals surface area contributed by atoms with E-state index in [-0.39, 0.29) is 7.97 Å². The molecule has 0 aliphatic rings. The predicted octanol–water partition coefficient (Wildman–Crippen LogP) is 1.89. The highest BCUT2D eigenvalue weighted by atomic mass is 32.2. The first-order chi connectivity index (χ1) is 7.58. The molecule has 0 bridgehead atoms. The van der Waals surface area contributed by atoms with Crippen molar-refractivity contribution in [1.82, 2.24) is 4.72 Å². The quantitative estimate of drug-likeness (QED) is 0.808. The van der Waals surface area contributed by atoms with Crippen LogP contribution in [-0.4, -0.2) is 27.8 Å². The third-order valence-electron chi connectivity index (χ3n) is 1.48. The molecule has 0 saturated heterocycles. The molecule has 5 heteroatoms. The molecule has 16 heavy (non-hydrogen) atoms. The molecule has 0 amide bonds. The van der Waals surface area contributed by atoms with Gasteiger partial charge in [-0.25, -0.2) is 13.1 Å². The van der Waals surface area contributed by atoms with Crippen molar-refractivity contribution in [3.8, 4) is 5.75 Å². The third-order valence-corrected chi connectivity index (χ3v) is 2.21. The third kappa shape index (κ3) is 8.26. The smallest absolute Gasteiger partial charge is 0.208 e. The molecule has 94 valence electrons. The summed E-state index contributed by atoms with van der Waals surface area (Å²) in [5.41, 5.74) is 0. The SMILES string of the molecule is CC.CS(=O)(=O)NCCOc1ccccc1.[HH]. The highest BCUT2D eigenvalue weighted by molar-refractivity contribution is 7.88. The Morgan fingerprint density at radius 3 is 2.31 bits per heavy atom. The minimum Gasteiger partial charge on any atom is -0.492 e. The van der Waals surface area contributed by atoms with Gasteiger partial charge in [-0.2, -0.15) is 0 Å². The van der Waals surface area contributed by atoms with Crippen LogP contribution in [-0.2, 0) is 10.0 Å². The van der Waals surface area contributed by atoms with Crippen LogP contribution in [0.1, 0.15) is 15.3 Å².